The minimum Gasteiger partial charge on any atom is -0.360 e. The van der Waals surface area contributed by atoms with E-state index in [4.69, 9.17) is 0 Å². The molecule has 0 aliphatic carbocycles. The number of rotatable bonds is 6. The summed E-state index contributed by atoms with van der Waals surface area (Å²) in [7, 11) is 0. The van der Waals surface area contributed by atoms with Gasteiger partial charge in [-0.3, -0.25) is 0 Å². The maximum absolute atomic E-state index is 4.41. The van der Waals surface area contributed by atoms with E-state index in [-0.39, 0.29) is 0 Å². The Morgan fingerprint density at radius 3 is 2.57 bits per heavy atom. The molecule has 0 atom stereocenters. The Morgan fingerprint density at radius 2 is 2.00 bits per heavy atom. The average molecular weight is 213 g/mol. The highest BCUT2D eigenvalue weighted by molar-refractivity contribution is 7.15. The van der Waals surface area contributed by atoms with Gasteiger partial charge in [0.05, 0.1) is 5.69 Å². The number of nitrogens with one attached hydrogen (secondary N) is 2. The molecule has 0 aliphatic heterocycles. The zero-order valence-corrected chi connectivity index (χ0v) is 10.0. The predicted molar refractivity (Wildman–Crippen MR) is 63.2 cm³/mol. The number of hydrogen-bond donors (Lipinski definition) is 2. The van der Waals surface area contributed by atoms with E-state index in [0.717, 1.165) is 30.5 Å². The third-order valence-electron chi connectivity index (χ3n) is 2.03. The summed E-state index contributed by atoms with van der Waals surface area (Å²) in [5.41, 5.74) is 1.14. The lowest BCUT2D eigenvalue weighted by molar-refractivity contribution is 0.687. The van der Waals surface area contributed by atoms with Crippen molar-refractivity contribution in [2.75, 3.05) is 25.0 Å². The van der Waals surface area contributed by atoms with Crippen LogP contribution in [0.15, 0.2) is 0 Å². The van der Waals surface area contributed by atoms with Crippen molar-refractivity contribution in [2.45, 2.75) is 27.2 Å². The van der Waals surface area contributed by atoms with Crippen LogP contribution in [0.3, 0.4) is 0 Å². The Morgan fingerprint density at radius 1 is 1.21 bits per heavy atom. The highest BCUT2D eigenvalue weighted by Crippen LogP contribution is 2.20. The van der Waals surface area contributed by atoms with Gasteiger partial charge in [0.15, 0.2) is 5.13 Å². The van der Waals surface area contributed by atoms with Crippen molar-refractivity contribution in [3.63, 3.8) is 0 Å². The van der Waals surface area contributed by atoms with Gasteiger partial charge in [-0.2, -0.15) is 0 Å². The fourth-order valence-electron chi connectivity index (χ4n) is 1.11. The lowest BCUT2D eigenvalue weighted by atomic mass is 10.4. The van der Waals surface area contributed by atoms with E-state index < -0.39 is 0 Å². The molecule has 80 valence electrons. The van der Waals surface area contributed by atoms with Gasteiger partial charge in [-0.15, -0.1) is 11.3 Å². The highest BCUT2D eigenvalue weighted by atomic mass is 32.1. The normalized spacial score (nSPS) is 10.5. The van der Waals surface area contributed by atoms with E-state index in [1.807, 2.05) is 6.92 Å². The molecule has 0 amide bonds. The number of nitrogens with zero attached hydrogens (tertiary/aromatic N) is 1. The van der Waals surface area contributed by atoms with Crippen LogP contribution < -0.4 is 10.6 Å². The lowest BCUT2D eigenvalue weighted by Crippen LogP contribution is -2.22. The van der Waals surface area contributed by atoms with Crippen molar-refractivity contribution in [3.05, 3.63) is 10.6 Å². The first-order chi connectivity index (χ1) is 6.74. The third-order valence-corrected chi connectivity index (χ3v) is 3.06. The summed E-state index contributed by atoms with van der Waals surface area (Å²) in [5, 5.41) is 7.69. The number of anilines is 1. The van der Waals surface area contributed by atoms with Crippen LogP contribution in [0.25, 0.3) is 0 Å². The lowest BCUT2D eigenvalue weighted by Gasteiger charge is -2.03. The molecular weight excluding hydrogens is 194 g/mol. The molecule has 2 N–H and O–H groups in total. The number of thiazole rings is 1. The first kappa shape index (κ1) is 11.5. The van der Waals surface area contributed by atoms with Crippen LogP contribution in [0, 0.1) is 13.8 Å². The van der Waals surface area contributed by atoms with Gasteiger partial charge in [0, 0.05) is 18.0 Å². The molecule has 0 radical (unpaired) electrons. The summed E-state index contributed by atoms with van der Waals surface area (Å²) >= 11 is 1.73. The van der Waals surface area contributed by atoms with Gasteiger partial charge in [0.25, 0.3) is 0 Å². The van der Waals surface area contributed by atoms with Crippen molar-refractivity contribution in [3.8, 4) is 0 Å². The molecule has 1 heterocycles. The van der Waals surface area contributed by atoms with Crippen LogP contribution in [0.1, 0.15) is 23.9 Å². The van der Waals surface area contributed by atoms with Crippen LogP contribution in [-0.4, -0.2) is 24.6 Å². The number of aryl methyl sites for hydroxylation is 2. The maximum atomic E-state index is 4.41. The molecule has 0 fully saturated rings. The van der Waals surface area contributed by atoms with Crippen molar-refractivity contribution in [1.29, 1.82) is 0 Å². The highest BCUT2D eigenvalue weighted by Gasteiger charge is 2.01. The summed E-state index contributed by atoms with van der Waals surface area (Å²) in [6.45, 7) is 9.38. The van der Waals surface area contributed by atoms with E-state index in [1.54, 1.807) is 11.3 Å². The summed E-state index contributed by atoms with van der Waals surface area (Å²) < 4.78 is 0. The third kappa shape index (κ3) is 3.64. The van der Waals surface area contributed by atoms with E-state index in [2.05, 4.69) is 29.5 Å². The zero-order valence-electron chi connectivity index (χ0n) is 9.18. The minimum atomic E-state index is 0.951. The Hall–Kier alpha value is -0.610. The molecule has 0 aromatic carbocycles. The minimum absolute atomic E-state index is 0.951. The molecular formula is C10H19N3S. The van der Waals surface area contributed by atoms with Gasteiger partial charge in [-0.05, 0) is 26.8 Å². The molecule has 0 saturated heterocycles. The average Bonchev–Trinajstić information content (AvgIpc) is 2.46. The van der Waals surface area contributed by atoms with Crippen molar-refractivity contribution in [1.82, 2.24) is 10.3 Å². The van der Waals surface area contributed by atoms with Gasteiger partial charge in [0.2, 0.25) is 0 Å². The van der Waals surface area contributed by atoms with E-state index in [9.17, 15) is 0 Å². The van der Waals surface area contributed by atoms with Gasteiger partial charge in [-0.25, -0.2) is 4.98 Å². The summed E-state index contributed by atoms with van der Waals surface area (Å²) in [5.74, 6) is 0. The van der Waals surface area contributed by atoms with Gasteiger partial charge < -0.3 is 10.6 Å². The topological polar surface area (TPSA) is 37.0 Å². The van der Waals surface area contributed by atoms with Crippen molar-refractivity contribution < 1.29 is 0 Å². The maximum Gasteiger partial charge on any atom is 0.183 e. The molecule has 1 aromatic heterocycles. The Balaban J connectivity index is 2.18. The number of aromatic nitrogens is 1. The van der Waals surface area contributed by atoms with E-state index in [1.165, 1.54) is 11.3 Å². The largest absolute Gasteiger partial charge is 0.360 e. The SMILES string of the molecule is CCCNCCNc1nc(C)c(C)s1. The number of hydrogen-bond acceptors (Lipinski definition) is 4. The molecule has 4 heteroatoms. The molecule has 0 bridgehead atoms. The Bertz CT molecular complexity index is 251. The van der Waals surface area contributed by atoms with Crippen LogP contribution >= 0.6 is 11.3 Å². The van der Waals surface area contributed by atoms with Gasteiger partial charge in [-0.1, -0.05) is 6.92 Å². The van der Waals surface area contributed by atoms with Crippen LogP contribution in [0.2, 0.25) is 0 Å². The predicted octanol–water partition coefficient (Wildman–Crippen LogP) is 2.17. The second kappa shape index (κ2) is 5.98. The standard InChI is InChI=1S/C10H19N3S/c1-4-5-11-6-7-12-10-13-8(2)9(3)14-10/h11H,4-7H2,1-3H3,(H,12,13). The summed E-state index contributed by atoms with van der Waals surface area (Å²) in [6, 6.07) is 0. The van der Waals surface area contributed by atoms with Crippen LogP contribution in [0.5, 0.6) is 0 Å². The zero-order chi connectivity index (χ0) is 10.4. The molecule has 0 aliphatic rings. The van der Waals surface area contributed by atoms with Crippen molar-refractivity contribution >= 4 is 16.5 Å². The first-order valence-corrected chi connectivity index (χ1v) is 5.94. The van der Waals surface area contributed by atoms with Gasteiger partial charge in [0.1, 0.15) is 0 Å². The molecule has 0 spiro atoms. The Kier molecular flexibility index (Phi) is 4.90. The fraction of sp³-hybridized carbons (Fsp3) is 0.700. The van der Waals surface area contributed by atoms with Gasteiger partial charge >= 0.3 is 0 Å². The van der Waals surface area contributed by atoms with Crippen LogP contribution in [0.4, 0.5) is 5.13 Å². The fourth-order valence-corrected chi connectivity index (χ4v) is 1.95. The molecule has 1 rings (SSSR count). The Labute approximate surface area is 89.9 Å². The molecule has 1 aromatic rings. The smallest absolute Gasteiger partial charge is 0.183 e. The van der Waals surface area contributed by atoms with E-state index in [0.29, 0.717) is 0 Å². The quantitative estimate of drug-likeness (QED) is 0.711. The van der Waals surface area contributed by atoms with Crippen LogP contribution in [-0.2, 0) is 0 Å². The molecule has 3 nitrogen and oxygen atoms in total. The second-order valence-corrected chi connectivity index (χ2v) is 4.54. The second-order valence-electron chi connectivity index (χ2n) is 3.34. The molecule has 0 saturated carbocycles. The summed E-state index contributed by atoms with van der Waals surface area (Å²) in [4.78, 5) is 5.71. The van der Waals surface area contributed by atoms with Crippen molar-refractivity contribution in [2.24, 2.45) is 0 Å². The molecule has 14 heavy (non-hydrogen) atoms. The molecule has 0 unspecified atom stereocenters. The van der Waals surface area contributed by atoms with E-state index >= 15 is 0 Å². The first-order valence-electron chi connectivity index (χ1n) is 5.12. The summed E-state index contributed by atoms with van der Waals surface area (Å²) in [6.07, 6.45) is 1.19. The monoisotopic (exact) mass is 213 g/mol.